The second kappa shape index (κ2) is 4.60. The van der Waals surface area contributed by atoms with E-state index in [-0.39, 0.29) is 0 Å². The lowest BCUT2D eigenvalue weighted by molar-refractivity contribution is -0.128. The molecule has 0 aromatic rings. The highest BCUT2D eigenvalue weighted by Gasteiger charge is 2.06. The molecule has 0 radical (unpaired) electrons. The highest BCUT2D eigenvalue weighted by molar-refractivity contribution is 5.70. The molecule has 0 amide bonds. The van der Waals surface area contributed by atoms with Gasteiger partial charge in [-0.05, 0) is 16.7 Å². The van der Waals surface area contributed by atoms with Crippen LogP contribution in [0.2, 0.25) is 0 Å². The second-order valence-electron chi connectivity index (χ2n) is 3.36. The van der Waals surface area contributed by atoms with Crippen molar-refractivity contribution in [3.63, 3.8) is 0 Å². The van der Waals surface area contributed by atoms with Crippen molar-refractivity contribution < 1.29 is 9.53 Å². The van der Waals surface area contributed by atoms with Crippen molar-refractivity contribution in [2.24, 2.45) is 0 Å². The minimum Gasteiger partial charge on any atom is -0.468 e. The normalized spacial score (nSPS) is 10.1. The zero-order valence-corrected chi connectivity index (χ0v) is 8.35. The lowest BCUT2D eigenvalue weighted by Crippen LogP contribution is -1.95. The van der Waals surface area contributed by atoms with E-state index < -0.39 is 0 Å². The van der Waals surface area contributed by atoms with Gasteiger partial charge in [0.05, 0.1) is 6.61 Å². The second-order valence-corrected chi connectivity index (χ2v) is 3.36. The van der Waals surface area contributed by atoms with Crippen LogP contribution in [0.5, 0.6) is 0 Å². The lowest BCUT2D eigenvalue weighted by atomic mass is 10.1. The summed E-state index contributed by atoms with van der Waals surface area (Å²) in [7, 11) is 0. The molecular formula is C13H12O2. The first kappa shape index (κ1) is 9.71. The Labute approximate surface area is 88.8 Å². The maximum Gasteiger partial charge on any atom is 0.293 e. The van der Waals surface area contributed by atoms with Crippen molar-refractivity contribution in [2.45, 2.75) is 6.42 Å². The van der Waals surface area contributed by atoms with Crippen LogP contribution in [0, 0.1) is 0 Å². The van der Waals surface area contributed by atoms with E-state index >= 15 is 0 Å². The third kappa shape index (κ3) is 2.15. The van der Waals surface area contributed by atoms with Crippen molar-refractivity contribution in [3.8, 4) is 11.1 Å². The van der Waals surface area contributed by atoms with Gasteiger partial charge in [-0.3, -0.25) is 4.79 Å². The quantitative estimate of drug-likeness (QED) is 0.560. The number of fused-ring (bicyclic) bond motifs is 1. The summed E-state index contributed by atoms with van der Waals surface area (Å²) >= 11 is 0. The molecule has 2 aliphatic rings. The van der Waals surface area contributed by atoms with Gasteiger partial charge in [0.15, 0.2) is 0 Å². The summed E-state index contributed by atoms with van der Waals surface area (Å²) in [5.41, 5.74) is 3.68. The average molecular weight is 200 g/mol. The Morgan fingerprint density at radius 2 is 1.93 bits per heavy atom. The molecule has 2 rings (SSSR count). The number of hydrogen-bond acceptors (Lipinski definition) is 2. The third-order valence-electron chi connectivity index (χ3n) is 2.44. The van der Waals surface area contributed by atoms with Crippen molar-refractivity contribution in [1.82, 2.24) is 0 Å². The summed E-state index contributed by atoms with van der Waals surface area (Å²) < 4.78 is 4.70. The first-order valence-electron chi connectivity index (χ1n) is 4.94. The lowest BCUT2D eigenvalue weighted by Gasteiger charge is -2.00. The van der Waals surface area contributed by atoms with Crippen molar-refractivity contribution >= 4 is 6.47 Å². The molecular weight excluding hydrogens is 188 g/mol. The molecule has 2 nitrogen and oxygen atoms in total. The zero-order valence-electron chi connectivity index (χ0n) is 8.35. The van der Waals surface area contributed by atoms with E-state index in [1.54, 1.807) is 0 Å². The van der Waals surface area contributed by atoms with Gasteiger partial charge in [0.1, 0.15) is 0 Å². The SMILES string of the molecule is O=COCCc1ccc2cccccc1-2. The van der Waals surface area contributed by atoms with Crippen molar-refractivity contribution in [2.75, 3.05) is 6.61 Å². The van der Waals surface area contributed by atoms with Crippen LogP contribution in [0.25, 0.3) is 11.1 Å². The van der Waals surface area contributed by atoms with Gasteiger partial charge >= 0.3 is 0 Å². The van der Waals surface area contributed by atoms with E-state index in [2.05, 4.69) is 24.3 Å². The number of carbonyl (C=O) groups is 1. The van der Waals surface area contributed by atoms with E-state index in [1.807, 2.05) is 18.2 Å². The summed E-state index contributed by atoms with van der Waals surface area (Å²) in [5.74, 6) is 0. The van der Waals surface area contributed by atoms with Gasteiger partial charge in [0, 0.05) is 6.42 Å². The number of rotatable bonds is 4. The highest BCUT2D eigenvalue weighted by atomic mass is 16.5. The van der Waals surface area contributed by atoms with Crippen LogP contribution >= 0.6 is 0 Å². The van der Waals surface area contributed by atoms with E-state index in [9.17, 15) is 4.79 Å². The maximum absolute atomic E-state index is 10.0. The van der Waals surface area contributed by atoms with Gasteiger partial charge in [0.25, 0.3) is 6.47 Å². The smallest absolute Gasteiger partial charge is 0.293 e. The van der Waals surface area contributed by atoms with Crippen molar-refractivity contribution in [1.29, 1.82) is 0 Å². The van der Waals surface area contributed by atoms with Crippen LogP contribution in [0.3, 0.4) is 0 Å². The number of ether oxygens (including phenoxy) is 1. The molecule has 0 heterocycles. The van der Waals surface area contributed by atoms with Gasteiger partial charge in [-0.2, -0.15) is 0 Å². The van der Waals surface area contributed by atoms with Gasteiger partial charge in [-0.15, -0.1) is 0 Å². The van der Waals surface area contributed by atoms with Crippen LogP contribution < -0.4 is 0 Å². The summed E-state index contributed by atoms with van der Waals surface area (Å²) in [6.45, 7) is 0.937. The molecule has 0 saturated carbocycles. The maximum atomic E-state index is 10.0. The molecule has 0 fully saturated rings. The standard InChI is InChI=1S/C13H12O2/c14-10-15-9-8-12-7-6-11-4-2-1-3-5-13(11)12/h1-7,10H,8-9H2. The Morgan fingerprint density at radius 3 is 2.80 bits per heavy atom. The zero-order chi connectivity index (χ0) is 10.5. The minimum absolute atomic E-state index is 0.446. The molecule has 0 atom stereocenters. The van der Waals surface area contributed by atoms with Gasteiger partial charge in [-0.1, -0.05) is 42.5 Å². The summed E-state index contributed by atoms with van der Waals surface area (Å²) in [6.07, 6.45) is 0.770. The Kier molecular flexibility index (Phi) is 2.98. The molecule has 0 aliphatic heterocycles. The van der Waals surface area contributed by atoms with Crippen LogP contribution in [-0.4, -0.2) is 13.1 Å². The number of carbonyl (C=O) groups excluding carboxylic acids is 1. The minimum atomic E-state index is 0.446. The van der Waals surface area contributed by atoms with Crippen molar-refractivity contribution in [3.05, 3.63) is 48.0 Å². The fraction of sp³-hybridized carbons (Fsp3) is 0.154. The van der Waals surface area contributed by atoms with E-state index in [1.165, 1.54) is 16.7 Å². The Morgan fingerprint density at radius 1 is 1.07 bits per heavy atom. The Bertz CT molecular complexity index is 423. The largest absolute Gasteiger partial charge is 0.468 e. The summed E-state index contributed by atoms with van der Waals surface area (Å²) in [5, 5.41) is 0. The number of hydrogen-bond donors (Lipinski definition) is 0. The first-order chi connectivity index (χ1) is 7.42. The fourth-order valence-electron chi connectivity index (χ4n) is 1.71. The van der Waals surface area contributed by atoms with Crippen LogP contribution in [-0.2, 0) is 16.0 Å². The molecule has 0 bridgehead atoms. The molecule has 0 spiro atoms. The molecule has 2 heteroatoms. The molecule has 0 saturated heterocycles. The van der Waals surface area contributed by atoms with E-state index in [0.717, 1.165) is 6.42 Å². The molecule has 76 valence electrons. The fourth-order valence-corrected chi connectivity index (χ4v) is 1.71. The first-order valence-corrected chi connectivity index (χ1v) is 4.94. The molecule has 2 aliphatic carbocycles. The molecule has 0 aromatic heterocycles. The van der Waals surface area contributed by atoms with Crippen LogP contribution in [0.4, 0.5) is 0 Å². The highest BCUT2D eigenvalue weighted by Crippen LogP contribution is 2.26. The van der Waals surface area contributed by atoms with E-state index in [4.69, 9.17) is 4.74 Å². The van der Waals surface area contributed by atoms with Gasteiger partial charge in [-0.25, -0.2) is 0 Å². The molecule has 0 N–H and O–H groups in total. The molecule has 0 unspecified atom stereocenters. The summed E-state index contributed by atoms with van der Waals surface area (Å²) in [4.78, 5) is 10.0. The van der Waals surface area contributed by atoms with Gasteiger partial charge < -0.3 is 4.74 Å². The topological polar surface area (TPSA) is 26.3 Å². The average Bonchev–Trinajstić information content (AvgIpc) is 2.50. The van der Waals surface area contributed by atoms with Crippen LogP contribution in [0.1, 0.15) is 5.56 Å². The van der Waals surface area contributed by atoms with E-state index in [0.29, 0.717) is 13.1 Å². The Hall–Kier alpha value is -1.83. The summed E-state index contributed by atoms with van der Waals surface area (Å²) in [6, 6.07) is 14.4. The predicted octanol–water partition coefficient (Wildman–Crippen LogP) is 2.51. The monoisotopic (exact) mass is 200 g/mol. The Balaban J connectivity index is 2.21. The van der Waals surface area contributed by atoms with Gasteiger partial charge in [0.2, 0.25) is 0 Å². The molecule has 0 aromatic carbocycles. The van der Waals surface area contributed by atoms with Crippen LogP contribution in [0.15, 0.2) is 42.5 Å². The predicted molar refractivity (Wildman–Crippen MR) is 58.8 cm³/mol. The molecule has 15 heavy (non-hydrogen) atoms. The third-order valence-corrected chi connectivity index (χ3v) is 2.44.